The van der Waals surface area contributed by atoms with Gasteiger partial charge in [0.1, 0.15) is 0 Å². The van der Waals surface area contributed by atoms with Crippen LogP contribution in [0.1, 0.15) is 40.5 Å². The van der Waals surface area contributed by atoms with E-state index in [0.717, 1.165) is 12.8 Å². The van der Waals surface area contributed by atoms with E-state index in [1.807, 2.05) is 13.8 Å². The summed E-state index contributed by atoms with van der Waals surface area (Å²) in [6.45, 7) is 7.97. The lowest BCUT2D eigenvalue weighted by atomic mass is 9.99. The van der Waals surface area contributed by atoms with Crippen molar-refractivity contribution < 1.29 is 5.11 Å². The molecule has 0 radical (unpaired) electrons. The SMILES string of the molecule is CC[C@@H]1[C@H](CC(C)(C)O)[C@]1(C)N. The highest BCUT2D eigenvalue weighted by Gasteiger charge is 2.57. The summed E-state index contributed by atoms with van der Waals surface area (Å²) in [7, 11) is 0. The lowest BCUT2D eigenvalue weighted by Crippen LogP contribution is -2.26. The van der Waals surface area contributed by atoms with Crippen molar-refractivity contribution in [2.24, 2.45) is 17.6 Å². The molecule has 72 valence electrons. The predicted molar refractivity (Wildman–Crippen MR) is 50.8 cm³/mol. The Morgan fingerprint density at radius 1 is 1.42 bits per heavy atom. The molecule has 1 saturated carbocycles. The number of aliphatic hydroxyl groups is 1. The van der Waals surface area contributed by atoms with E-state index in [2.05, 4.69) is 13.8 Å². The fourth-order valence-corrected chi connectivity index (χ4v) is 2.35. The van der Waals surface area contributed by atoms with Crippen LogP contribution in [0.4, 0.5) is 0 Å². The normalized spacial score (nSPS) is 41.5. The van der Waals surface area contributed by atoms with Gasteiger partial charge in [-0.3, -0.25) is 0 Å². The Labute approximate surface area is 75.2 Å². The minimum Gasteiger partial charge on any atom is -0.390 e. The Morgan fingerprint density at radius 2 is 1.92 bits per heavy atom. The maximum atomic E-state index is 9.62. The molecular weight excluding hydrogens is 150 g/mol. The largest absolute Gasteiger partial charge is 0.390 e. The van der Waals surface area contributed by atoms with Crippen LogP contribution in [-0.4, -0.2) is 16.2 Å². The molecule has 0 aromatic carbocycles. The van der Waals surface area contributed by atoms with E-state index in [1.165, 1.54) is 0 Å². The van der Waals surface area contributed by atoms with Crippen molar-refractivity contribution in [2.75, 3.05) is 0 Å². The van der Waals surface area contributed by atoms with Gasteiger partial charge in [0.25, 0.3) is 0 Å². The molecule has 0 amide bonds. The molecule has 1 aliphatic rings. The zero-order valence-corrected chi connectivity index (χ0v) is 8.59. The summed E-state index contributed by atoms with van der Waals surface area (Å²) >= 11 is 0. The van der Waals surface area contributed by atoms with E-state index in [0.29, 0.717) is 11.8 Å². The van der Waals surface area contributed by atoms with Crippen molar-refractivity contribution in [1.82, 2.24) is 0 Å². The third-order valence-corrected chi connectivity index (χ3v) is 3.13. The molecule has 1 rings (SSSR count). The molecular formula is C10H21NO. The fraction of sp³-hybridized carbons (Fsp3) is 1.00. The molecule has 0 heterocycles. The Kier molecular flexibility index (Phi) is 2.26. The van der Waals surface area contributed by atoms with Crippen LogP contribution in [0.3, 0.4) is 0 Å². The summed E-state index contributed by atoms with van der Waals surface area (Å²) < 4.78 is 0. The highest BCUT2D eigenvalue weighted by Crippen LogP contribution is 2.53. The zero-order valence-electron chi connectivity index (χ0n) is 8.59. The van der Waals surface area contributed by atoms with Crippen molar-refractivity contribution in [2.45, 2.75) is 51.7 Å². The van der Waals surface area contributed by atoms with Crippen LogP contribution in [0.15, 0.2) is 0 Å². The molecule has 0 spiro atoms. The average molecular weight is 171 g/mol. The molecule has 2 nitrogen and oxygen atoms in total. The van der Waals surface area contributed by atoms with E-state index in [1.54, 1.807) is 0 Å². The minimum atomic E-state index is -0.560. The molecule has 12 heavy (non-hydrogen) atoms. The third-order valence-electron chi connectivity index (χ3n) is 3.13. The maximum absolute atomic E-state index is 9.62. The average Bonchev–Trinajstić information content (AvgIpc) is 2.30. The van der Waals surface area contributed by atoms with E-state index in [-0.39, 0.29) is 5.54 Å². The number of hydrogen-bond acceptors (Lipinski definition) is 2. The quantitative estimate of drug-likeness (QED) is 0.676. The highest BCUT2D eigenvalue weighted by atomic mass is 16.3. The van der Waals surface area contributed by atoms with Gasteiger partial charge in [0.05, 0.1) is 5.60 Å². The van der Waals surface area contributed by atoms with E-state index >= 15 is 0 Å². The molecule has 1 fully saturated rings. The summed E-state index contributed by atoms with van der Waals surface area (Å²) in [4.78, 5) is 0. The third kappa shape index (κ3) is 1.80. The molecule has 0 bridgehead atoms. The molecule has 3 atom stereocenters. The van der Waals surface area contributed by atoms with E-state index in [9.17, 15) is 5.11 Å². The van der Waals surface area contributed by atoms with Crippen molar-refractivity contribution in [3.8, 4) is 0 Å². The Morgan fingerprint density at radius 3 is 2.17 bits per heavy atom. The molecule has 1 aliphatic carbocycles. The van der Waals surface area contributed by atoms with Crippen LogP contribution in [0, 0.1) is 11.8 Å². The fourth-order valence-electron chi connectivity index (χ4n) is 2.35. The Balaban J connectivity index is 2.48. The summed E-state index contributed by atoms with van der Waals surface area (Å²) in [5.74, 6) is 1.13. The first kappa shape index (κ1) is 10.0. The lowest BCUT2D eigenvalue weighted by Gasteiger charge is -2.17. The summed E-state index contributed by atoms with van der Waals surface area (Å²) in [6.07, 6.45) is 1.96. The summed E-state index contributed by atoms with van der Waals surface area (Å²) in [5, 5.41) is 9.62. The van der Waals surface area contributed by atoms with Gasteiger partial charge in [-0.1, -0.05) is 13.3 Å². The van der Waals surface area contributed by atoms with Crippen LogP contribution >= 0.6 is 0 Å². The first-order valence-electron chi connectivity index (χ1n) is 4.80. The molecule has 0 unspecified atom stereocenters. The number of nitrogens with two attached hydrogens (primary N) is 1. The van der Waals surface area contributed by atoms with Crippen LogP contribution in [0.5, 0.6) is 0 Å². The first-order valence-corrected chi connectivity index (χ1v) is 4.80. The van der Waals surface area contributed by atoms with Gasteiger partial charge >= 0.3 is 0 Å². The van der Waals surface area contributed by atoms with Crippen molar-refractivity contribution in [3.63, 3.8) is 0 Å². The standard InChI is InChI=1S/C10H21NO/c1-5-7-8(10(7,4)11)6-9(2,3)12/h7-8,12H,5-6,11H2,1-4H3/t7-,8+,10-/m1/s1. The monoisotopic (exact) mass is 171 g/mol. The first-order chi connectivity index (χ1) is 5.29. The Bertz CT molecular complexity index is 169. The maximum Gasteiger partial charge on any atom is 0.0595 e. The number of rotatable bonds is 3. The number of hydrogen-bond donors (Lipinski definition) is 2. The second-order valence-corrected chi connectivity index (χ2v) is 5.00. The van der Waals surface area contributed by atoms with Crippen molar-refractivity contribution >= 4 is 0 Å². The van der Waals surface area contributed by atoms with Crippen molar-refractivity contribution in [1.29, 1.82) is 0 Å². The minimum absolute atomic E-state index is 0.0191. The molecule has 0 aromatic rings. The second kappa shape index (κ2) is 2.71. The molecule has 3 N–H and O–H groups in total. The van der Waals surface area contributed by atoms with Gasteiger partial charge < -0.3 is 10.8 Å². The van der Waals surface area contributed by atoms with Gasteiger partial charge in [-0.05, 0) is 39.0 Å². The summed E-state index contributed by atoms with van der Waals surface area (Å²) in [6, 6.07) is 0. The highest BCUT2D eigenvalue weighted by molar-refractivity contribution is 5.13. The predicted octanol–water partition coefficient (Wildman–Crippen LogP) is 1.52. The van der Waals surface area contributed by atoms with Gasteiger partial charge in [-0.25, -0.2) is 0 Å². The van der Waals surface area contributed by atoms with Gasteiger partial charge in [-0.2, -0.15) is 0 Å². The van der Waals surface area contributed by atoms with Gasteiger partial charge in [0.2, 0.25) is 0 Å². The van der Waals surface area contributed by atoms with Gasteiger partial charge in [-0.15, -0.1) is 0 Å². The van der Waals surface area contributed by atoms with E-state index in [4.69, 9.17) is 5.73 Å². The van der Waals surface area contributed by atoms with Gasteiger partial charge in [0.15, 0.2) is 0 Å². The summed E-state index contributed by atoms with van der Waals surface area (Å²) in [5.41, 5.74) is 5.48. The van der Waals surface area contributed by atoms with Crippen LogP contribution in [0.2, 0.25) is 0 Å². The zero-order chi connectivity index (χ0) is 9.57. The van der Waals surface area contributed by atoms with E-state index < -0.39 is 5.60 Å². The Hall–Kier alpha value is -0.0800. The molecule has 2 heteroatoms. The lowest BCUT2D eigenvalue weighted by molar-refractivity contribution is 0.0615. The topological polar surface area (TPSA) is 46.2 Å². The van der Waals surface area contributed by atoms with Crippen LogP contribution in [0.25, 0.3) is 0 Å². The van der Waals surface area contributed by atoms with Crippen molar-refractivity contribution in [3.05, 3.63) is 0 Å². The molecule has 0 aromatic heterocycles. The molecule has 0 aliphatic heterocycles. The van der Waals surface area contributed by atoms with Gasteiger partial charge in [0, 0.05) is 5.54 Å². The van der Waals surface area contributed by atoms with Crippen LogP contribution < -0.4 is 5.73 Å². The van der Waals surface area contributed by atoms with Crippen LogP contribution in [-0.2, 0) is 0 Å². The smallest absolute Gasteiger partial charge is 0.0595 e. The molecule has 0 saturated heterocycles. The second-order valence-electron chi connectivity index (χ2n) is 5.00.